The van der Waals surface area contributed by atoms with E-state index in [9.17, 15) is 4.21 Å². The second-order valence-corrected chi connectivity index (χ2v) is 8.63. The molecule has 1 heterocycles. The van der Waals surface area contributed by atoms with E-state index in [1.54, 1.807) is 13.3 Å². The molecule has 6 nitrogen and oxygen atoms in total. The summed E-state index contributed by atoms with van der Waals surface area (Å²) in [7, 11) is 0.489. The number of ether oxygens (including phenoxy) is 1. The van der Waals surface area contributed by atoms with Crippen LogP contribution in [0.1, 0.15) is 48.8 Å². The molecule has 1 aromatic heterocycles. The molecule has 0 amide bonds. The van der Waals surface area contributed by atoms with Crippen LogP contribution in [0.4, 0.5) is 0 Å². The highest BCUT2D eigenvalue weighted by Gasteiger charge is 2.14. The van der Waals surface area contributed by atoms with Crippen molar-refractivity contribution < 1.29 is 8.95 Å². The zero-order valence-corrected chi connectivity index (χ0v) is 17.0. The van der Waals surface area contributed by atoms with Crippen LogP contribution in [0.15, 0.2) is 24.5 Å². The summed E-state index contributed by atoms with van der Waals surface area (Å²) in [6, 6.07) is 6.18. The van der Waals surface area contributed by atoms with Crippen molar-refractivity contribution in [3.8, 4) is 11.8 Å². The first-order valence-electron chi connectivity index (χ1n) is 8.10. The fraction of sp³-hybridized carbons (Fsp3) is 0.421. The van der Waals surface area contributed by atoms with Crippen LogP contribution in [0, 0.1) is 25.2 Å². The highest BCUT2D eigenvalue weighted by molar-refractivity contribution is 7.84. The van der Waals surface area contributed by atoms with Gasteiger partial charge >= 0.3 is 0 Å². The molecule has 0 unspecified atom stereocenters. The molecule has 0 aliphatic carbocycles. The first kappa shape index (κ1) is 21.7. The smallest absolute Gasteiger partial charge is 0.162 e. The summed E-state index contributed by atoms with van der Waals surface area (Å²) >= 11 is 0. The van der Waals surface area contributed by atoms with Crippen LogP contribution in [-0.2, 0) is 17.4 Å². The van der Waals surface area contributed by atoms with E-state index in [1.807, 2.05) is 34.6 Å². The topological polar surface area (TPSA) is 102 Å². The molecular weight excluding hydrogens is 348 g/mol. The Morgan fingerprint density at radius 2 is 1.69 bits per heavy atom. The Morgan fingerprint density at radius 1 is 1.19 bits per heavy atom. The van der Waals surface area contributed by atoms with Gasteiger partial charge in [0.15, 0.2) is 5.69 Å². The van der Waals surface area contributed by atoms with Gasteiger partial charge < -0.3 is 4.74 Å². The number of aromatic nitrogens is 2. The number of hydrogen-bond donors (Lipinski definition) is 1. The van der Waals surface area contributed by atoms with Gasteiger partial charge in [-0.3, -0.25) is 10.1 Å². The van der Waals surface area contributed by atoms with Gasteiger partial charge in [-0.15, -0.1) is 0 Å². The average molecular weight is 375 g/mol. The predicted octanol–water partition coefficient (Wildman–Crippen LogP) is 2.97. The Morgan fingerprint density at radius 3 is 2.12 bits per heavy atom. The van der Waals surface area contributed by atoms with Crippen molar-refractivity contribution in [3.05, 3.63) is 52.6 Å². The first-order valence-corrected chi connectivity index (χ1v) is 9.31. The Hall–Kier alpha value is -2.30. The Kier molecular flexibility index (Phi) is 7.87. The lowest BCUT2D eigenvalue weighted by Crippen LogP contribution is -2.27. The molecule has 0 fully saturated rings. The maximum absolute atomic E-state index is 10.4. The number of methoxy groups -OCH3 is 1. The number of nitriles is 1. The monoisotopic (exact) mass is 374 g/mol. The lowest BCUT2D eigenvalue weighted by molar-refractivity contribution is 0.408. The summed E-state index contributed by atoms with van der Waals surface area (Å²) in [6.45, 7) is 9.53. The fourth-order valence-electron chi connectivity index (χ4n) is 2.25. The van der Waals surface area contributed by atoms with E-state index in [0.29, 0.717) is 17.8 Å². The molecule has 1 atom stereocenters. The van der Waals surface area contributed by atoms with Crippen LogP contribution in [0.5, 0.6) is 5.75 Å². The van der Waals surface area contributed by atoms with E-state index in [-0.39, 0.29) is 4.75 Å². The number of nitrogens with zero attached hydrogens (tertiary/aromatic N) is 3. The average Bonchev–Trinajstić information content (AvgIpc) is 2.55. The third-order valence-corrected chi connectivity index (χ3v) is 4.79. The molecule has 140 valence electrons. The van der Waals surface area contributed by atoms with Crippen molar-refractivity contribution in [3.63, 3.8) is 0 Å². The van der Waals surface area contributed by atoms with Crippen molar-refractivity contribution in [1.82, 2.24) is 9.97 Å². The number of benzene rings is 1. The van der Waals surface area contributed by atoms with Crippen molar-refractivity contribution in [2.45, 2.75) is 45.8 Å². The van der Waals surface area contributed by atoms with Crippen LogP contribution in [0.3, 0.4) is 0 Å². The van der Waals surface area contributed by atoms with E-state index in [2.05, 4.69) is 28.2 Å². The highest BCUT2D eigenvalue weighted by atomic mass is 32.2. The minimum Gasteiger partial charge on any atom is -0.496 e. The Labute approximate surface area is 158 Å². The molecule has 1 aromatic carbocycles. The van der Waals surface area contributed by atoms with Gasteiger partial charge in [0.2, 0.25) is 0 Å². The summed E-state index contributed by atoms with van der Waals surface area (Å²) in [5.74, 6) is 0.906. The molecule has 0 saturated heterocycles. The molecule has 26 heavy (non-hydrogen) atoms. The van der Waals surface area contributed by atoms with E-state index >= 15 is 0 Å². The minimum atomic E-state index is -1.18. The summed E-state index contributed by atoms with van der Waals surface area (Å²) in [4.78, 5) is 8.25. The molecule has 0 aliphatic heterocycles. The lowest BCUT2D eigenvalue weighted by atomic mass is 10.0. The van der Waals surface area contributed by atoms with Gasteiger partial charge in [-0.05, 0) is 51.3 Å². The molecule has 0 aliphatic rings. The summed E-state index contributed by atoms with van der Waals surface area (Å²) in [5, 5.41) is 14.1. The van der Waals surface area contributed by atoms with Crippen molar-refractivity contribution >= 4 is 11.0 Å². The van der Waals surface area contributed by atoms with Crippen molar-refractivity contribution in [2.75, 3.05) is 7.11 Å². The molecule has 2 aromatic rings. The van der Waals surface area contributed by atoms with Crippen LogP contribution in [0.25, 0.3) is 0 Å². The largest absolute Gasteiger partial charge is 0.496 e. The summed E-state index contributed by atoms with van der Waals surface area (Å²) in [6.07, 6.45) is 3.74. The maximum Gasteiger partial charge on any atom is 0.162 e. The molecule has 0 spiro atoms. The molecule has 2 rings (SSSR count). The van der Waals surface area contributed by atoms with E-state index in [4.69, 9.17) is 15.1 Å². The second kappa shape index (κ2) is 9.41. The SMILES string of the molecule is CC(C)(C)[S@](N)=O.COc1c(C)cc(Cc2nccnc2C#N)cc1C. The first-order chi connectivity index (χ1) is 12.1. The van der Waals surface area contributed by atoms with Gasteiger partial charge in [-0.2, -0.15) is 5.26 Å². The summed E-state index contributed by atoms with van der Waals surface area (Å²) in [5.41, 5.74) is 4.36. The van der Waals surface area contributed by atoms with Gasteiger partial charge in [-0.25, -0.2) is 9.19 Å². The predicted molar refractivity (Wildman–Crippen MR) is 104 cm³/mol. The van der Waals surface area contributed by atoms with Crippen LogP contribution >= 0.6 is 0 Å². The van der Waals surface area contributed by atoms with Gasteiger partial charge in [0.05, 0.1) is 28.5 Å². The molecule has 2 N–H and O–H groups in total. The van der Waals surface area contributed by atoms with E-state index in [1.165, 1.54) is 6.20 Å². The molecule has 0 radical (unpaired) electrons. The third-order valence-electron chi connectivity index (χ3n) is 3.58. The van der Waals surface area contributed by atoms with Gasteiger partial charge in [-0.1, -0.05) is 12.1 Å². The van der Waals surface area contributed by atoms with E-state index < -0.39 is 11.0 Å². The fourth-order valence-corrected chi connectivity index (χ4v) is 2.25. The maximum atomic E-state index is 10.4. The number of nitrogens with two attached hydrogens (primary N) is 1. The quantitative estimate of drug-likeness (QED) is 0.890. The zero-order valence-electron chi connectivity index (χ0n) is 16.2. The molecular formula is C19H26N4O2S. The minimum absolute atomic E-state index is 0.250. The highest BCUT2D eigenvalue weighted by Crippen LogP contribution is 2.25. The molecule has 0 bridgehead atoms. The molecule has 7 heteroatoms. The third kappa shape index (κ3) is 6.21. The van der Waals surface area contributed by atoms with Crippen LogP contribution < -0.4 is 9.88 Å². The summed E-state index contributed by atoms with van der Waals surface area (Å²) < 4.78 is 15.4. The van der Waals surface area contributed by atoms with Gasteiger partial charge in [0.1, 0.15) is 11.8 Å². The van der Waals surface area contributed by atoms with E-state index in [0.717, 1.165) is 22.4 Å². The Bertz CT molecular complexity index is 800. The van der Waals surface area contributed by atoms with Crippen molar-refractivity contribution in [2.24, 2.45) is 5.14 Å². The number of aryl methyl sites for hydroxylation is 2. The number of rotatable bonds is 3. The zero-order chi connectivity index (χ0) is 19.9. The van der Waals surface area contributed by atoms with Crippen LogP contribution in [0.2, 0.25) is 0 Å². The van der Waals surface area contributed by atoms with Gasteiger partial charge in [0.25, 0.3) is 0 Å². The lowest BCUT2D eigenvalue weighted by Gasteiger charge is -2.11. The van der Waals surface area contributed by atoms with Gasteiger partial charge in [0, 0.05) is 18.8 Å². The Balaban J connectivity index is 0.000000412. The second-order valence-electron chi connectivity index (χ2n) is 6.81. The number of hydrogen-bond acceptors (Lipinski definition) is 5. The van der Waals surface area contributed by atoms with Crippen LogP contribution in [-0.4, -0.2) is 26.0 Å². The standard InChI is InChI=1S/C15H15N3O.C4H11NOS/c1-10-6-12(7-11(2)15(10)19-3)8-13-14(9-16)18-5-4-17-13;1-4(2,3)7(5)6/h4-7H,8H2,1-3H3;5H2,1-3H3/t;7-/m.1/s1. The normalized spacial score (nSPS) is 11.8. The molecule has 0 saturated carbocycles. The van der Waals surface area contributed by atoms with Crippen molar-refractivity contribution in [1.29, 1.82) is 5.26 Å².